The van der Waals surface area contributed by atoms with Crippen LogP contribution in [0.1, 0.15) is 46.5 Å². The number of carbonyl (C=O) groups is 1. The van der Waals surface area contributed by atoms with Crippen LogP contribution in [0.4, 0.5) is 0 Å². The molecular weight excluding hydrogens is 212 g/mol. The Bertz CT molecular complexity index is 411. The van der Waals surface area contributed by atoms with Crippen molar-refractivity contribution >= 4 is 5.97 Å². The minimum atomic E-state index is -0.694. The lowest BCUT2D eigenvalue weighted by atomic mass is 9.61. The van der Waals surface area contributed by atoms with Gasteiger partial charge in [-0.25, -0.2) is 4.79 Å². The zero-order valence-electron chi connectivity index (χ0n) is 11.0. The van der Waals surface area contributed by atoms with Gasteiger partial charge in [-0.3, -0.25) is 0 Å². The van der Waals surface area contributed by atoms with Crippen molar-refractivity contribution in [3.05, 3.63) is 11.6 Å². The number of allylic oxidation sites excluding steroid dienone is 1. The largest absolute Gasteiger partial charge is 0.478 e. The standard InChI is InChI=1S/C15H22O2/c1-9-4-7-15-10(2)11(13(16)17)8-14(15,3)6-5-12(9)15/h8-10,12H,4-7H2,1-3H3,(H,16,17)/t9-,10-,12+,14+,15+/m1/s1. The summed E-state index contributed by atoms with van der Waals surface area (Å²) in [6.45, 7) is 6.82. The zero-order valence-corrected chi connectivity index (χ0v) is 11.0. The van der Waals surface area contributed by atoms with E-state index in [2.05, 4.69) is 26.8 Å². The second kappa shape index (κ2) is 3.15. The van der Waals surface area contributed by atoms with Gasteiger partial charge < -0.3 is 5.11 Å². The zero-order chi connectivity index (χ0) is 12.4. The van der Waals surface area contributed by atoms with Gasteiger partial charge in [-0.2, -0.15) is 0 Å². The minimum absolute atomic E-state index is 0.148. The molecule has 0 unspecified atom stereocenters. The van der Waals surface area contributed by atoms with Crippen molar-refractivity contribution in [2.75, 3.05) is 0 Å². The average molecular weight is 234 g/mol. The smallest absolute Gasteiger partial charge is 0.331 e. The molecule has 0 bridgehead atoms. The summed E-state index contributed by atoms with van der Waals surface area (Å²) in [7, 11) is 0. The van der Waals surface area contributed by atoms with Crippen LogP contribution in [0.2, 0.25) is 0 Å². The van der Waals surface area contributed by atoms with E-state index in [-0.39, 0.29) is 16.7 Å². The van der Waals surface area contributed by atoms with E-state index in [0.717, 1.165) is 11.8 Å². The first-order valence-electron chi connectivity index (χ1n) is 6.88. The number of rotatable bonds is 1. The van der Waals surface area contributed by atoms with Crippen molar-refractivity contribution in [2.45, 2.75) is 46.5 Å². The summed E-state index contributed by atoms with van der Waals surface area (Å²) >= 11 is 0. The number of hydrogen-bond acceptors (Lipinski definition) is 1. The van der Waals surface area contributed by atoms with Crippen molar-refractivity contribution in [1.29, 1.82) is 0 Å². The molecule has 3 aliphatic carbocycles. The molecule has 0 aromatic heterocycles. The van der Waals surface area contributed by atoms with Crippen molar-refractivity contribution < 1.29 is 9.90 Å². The lowest BCUT2D eigenvalue weighted by Gasteiger charge is -2.42. The summed E-state index contributed by atoms with van der Waals surface area (Å²) in [4.78, 5) is 11.4. The first-order valence-corrected chi connectivity index (χ1v) is 6.88. The van der Waals surface area contributed by atoms with Crippen LogP contribution in [0.25, 0.3) is 0 Å². The molecular formula is C15H22O2. The Kier molecular flexibility index (Phi) is 2.10. The highest BCUT2D eigenvalue weighted by molar-refractivity contribution is 5.88. The molecule has 0 amide bonds. The van der Waals surface area contributed by atoms with E-state index in [0.29, 0.717) is 5.57 Å². The fourth-order valence-electron chi connectivity index (χ4n) is 5.53. The van der Waals surface area contributed by atoms with Gasteiger partial charge >= 0.3 is 5.97 Å². The second-order valence-electron chi connectivity index (χ2n) is 6.75. The van der Waals surface area contributed by atoms with E-state index in [9.17, 15) is 9.90 Å². The van der Waals surface area contributed by atoms with Crippen molar-refractivity contribution in [3.63, 3.8) is 0 Å². The maximum Gasteiger partial charge on any atom is 0.331 e. The summed E-state index contributed by atoms with van der Waals surface area (Å²) in [6.07, 6.45) is 7.10. The molecule has 0 heterocycles. The molecule has 5 atom stereocenters. The summed E-state index contributed by atoms with van der Waals surface area (Å²) in [6, 6.07) is 0. The highest BCUT2D eigenvalue weighted by Gasteiger charge is 2.66. The van der Waals surface area contributed by atoms with Gasteiger partial charge in [0.1, 0.15) is 0 Å². The third-order valence-electron chi connectivity index (χ3n) is 6.36. The fraction of sp³-hybridized carbons (Fsp3) is 0.800. The quantitative estimate of drug-likeness (QED) is 0.754. The second-order valence-corrected chi connectivity index (χ2v) is 6.75. The fourth-order valence-corrected chi connectivity index (χ4v) is 5.53. The Morgan fingerprint density at radius 3 is 2.71 bits per heavy atom. The molecule has 0 aromatic carbocycles. The number of carboxylic acids is 1. The molecule has 0 saturated heterocycles. The Hall–Kier alpha value is -0.790. The molecule has 3 aliphatic rings. The molecule has 0 radical (unpaired) electrons. The molecule has 2 saturated carbocycles. The normalized spacial score (nSPS) is 52.2. The number of aliphatic carboxylic acids is 1. The highest BCUT2D eigenvalue weighted by Crippen LogP contribution is 2.73. The predicted molar refractivity (Wildman–Crippen MR) is 66.5 cm³/mol. The average Bonchev–Trinajstić information content (AvgIpc) is 2.80. The van der Waals surface area contributed by atoms with Gasteiger partial charge in [0, 0.05) is 5.57 Å². The van der Waals surface area contributed by atoms with E-state index in [1.807, 2.05) is 0 Å². The maximum absolute atomic E-state index is 11.4. The molecule has 0 aliphatic heterocycles. The van der Waals surface area contributed by atoms with Crippen molar-refractivity contribution in [3.8, 4) is 0 Å². The van der Waals surface area contributed by atoms with E-state index in [4.69, 9.17) is 0 Å². The molecule has 94 valence electrons. The summed E-state index contributed by atoms with van der Waals surface area (Å²) < 4.78 is 0. The highest BCUT2D eigenvalue weighted by atomic mass is 16.4. The van der Waals surface area contributed by atoms with E-state index in [1.165, 1.54) is 25.7 Å². The molecule has 1 N–H and O–H groups in total. The molecule has 2 nitrogen and oxygen atoms in total. The Labute approximate surface area is 103 Å². The van der Waals surface area contributed by atoms with Gasteiger partial charge in [0.15, 0.2) is 0 Å². The van der Waals surface area contributed by atoms with E-state index in [1.54, 1.807) is 0 Å². The summed E-state index contributed by atoms with van der Waals surface area (Å²) in [5.74, 6) is 1.07. The van der Waals surface area contributed by atoms with Gasteiger partial charge in [-0.15, -0.1) is 0 Å². The van der Waals surface area contributed by atoms with Crippen LogP contribution in [-0.2, 0) is 4.79 Å². The third kappa shape index (κ3) is 1.10. The minimum Gasteiger partial charge on any atom is -0.478 e. The van der Waals surface area contributed by atoms with E-state index < -0.39 is 5.97 Å². The van der Waals surface area contributed by atoms with Gasteiger partial charge in [-0.05, 0) is 54.3 Å². The predicted octanol–water partition coefficient (Wildman–Crippen LogP) is 3.48. The first kappa shape index (κ1) is 11.3. The van der Waals surface area contributed by atoms with Crippen molar-refractivity contribution in [1.82, 2.24) is 0 Å². The van der Waals surface area contributed by atoms with Crippen LogP contribution in [0.15, 0.2) is 11.6 Å². The van der Waals surface area contributed by atoms with Gasteiger partial charge in [0.25, 0.3) is 0 Å². The first-order chi connectivity index (χ1) is 7.92. The van der Waals surface area contributed by atoms with Crippen LogP contribution >= 0.6 is 0 Å². The molecule has 1 spiro atoms. The molecule has 0 aromatic rings. The van der Waals surface area contributed by atoms with Crippen LogP contribution < -0.4 is 0 Å². The van der Waals surface area contributed by atoms with Crippen LogP contribution in [0.5, 0.6) is 0 Å². The monoisotopic (exact) mass is 234 g/mol. The number of hydrogen-bond donors (Lipinski definition) is 1. The van der Waals surface area contributed by atoms with Crippen molar-refractivity contribution in [2.24, 2.45) is 28.6 Å². The van der Waals surface area contributed by atoms with Gasteiger partial charge in [0.05, 0.1) is 0 Å². The third-order valence-corrected chi connectivity index (χ3v) is 6.36. The lowest BCUT2D eigenvalue weighted by Crippen LogP contribution is -2.38. The topological polar surface area (TPSA) is 37.3 Å². The molecule has 3 rings (SSSR count). The van der Waals surface area contributed by atoms with Crippen LogP contribution in [0, 0.1) is 28.6 Å². The summed E-state index contributed by atoms with van der Waals surface area (Å²) in [5, 5.41) is 9.37. The molecule has 17 heavy (non-hydrogen) atoms. The van der Waals surface area contributed by atoms with Crippen LogP contribution in [0.3, 0.4) is 0 Å². The Morgan fingerprint density at radius 1 is 1.35 bits per heavy atom. The lowest BCUT2D eigenvalue weighted by molar-refractivity contribution is -0.133. The SMILES string of the molecule is C[C@@H]1CC[C@@]23[C@H](C)C(C(=O)O)=C[C@]2(C)CC[C@@H]13. The maximum atomic E-state index is 11.4. The van der Waals surface area contributed by atoms with Crippen LogP contribution in [-0.4, -0.2) is 11.1 Å². The Balaban J connectivity index is 2.10. The summed E-state index contributed by atoms with van der Waals surface area (Å²) in [5.41, 5.74) is 1.10. The molecule has 2 fully saturated rings. The molecule has 2 heteroatoms. The van der Waals surface area contributed by atoms with Gasteiger partial charge in [-0.1, -0.05) is 26.8 Å². The van der Waals surface area contributed by atoms with E-state index >= 15 is 0 Å². The van der Waals surface area contributed by atoms with Gasteiger partial charge in [0.2, 0.25) is 0 Å². The Morgan fingerprint density at radius 2 is 2.06 bits per heavy atom. The number of carboxylic acid groups (broad SMARTS) is 1.